The average Bonchev–Trinajstić information content (AvgIpc) is 2.32. The summed E-state index contributed by atoms with van der Waals surface area (Å²) in [5.41, 5.74) is 0.747. The zero-order chi connectivity index (χ0) is 7.19. The zero-order valence-corrected chi connectivity index (χ0v) is 5.76. The molecule has 10 heavy (non-hydrogen) atoms. The summed E-state index contributed by atoms with van der Waals surface area (Å²) in [6.45, 7) is 0. The fraction of sp³-hybridized carbons (Fsp3) is 0.625. The molecule has 1 N–H and O–H groups in total. The second-order valence-electron chi connectivity index (χ2n) is 3.23. The molecule has 0 aromatic carbocycles. The maximum Gasteiger partial charge on any atom is 0.332 e. The molecule has 0 heterocycles. The van der Waals surface area contributed by atoms with Crippen LogP contribution in [0.4, 0.5) is 0 Å². The molecule has 2 aliphatic carbocycles. The molecule has 0 bridgehead atoms. The molecule has 54 valence electrons. The molecule has 0 amide bonds. The fourth-order valence-corrected chi connectivity index (χ4v) is 1.93. The number of carboxylic acid groups (broad SMARTS) is 1. The lowest BCUT2D eigenvalue weighted by Gasteiger charge is -2.04. The molecule has 2 heteroatoms. The van der Waals surface area contributed by atoms with Crippen LogP contribution in [0.1, 0.15) is 25.7 Å². The Morgan fingerprint density at radius 2 is 2.10 bits per heavy atom. The highest BCUT2D eigenvalue weighted by molar-refractivity contribution is 5.94. The molecule has 2 rings (SSSR count). The Bertz CT molecular complexity index is 209. The minimum Gasteiger partial charge on any atom is -0.478 e. The number of carbonyl (C=O) groups is 1. The van der Waals surface area contributed by atoms with E-state index in [1.807, 2.05) is 6.08 Å². The maximum absolute atomic E-state index is 10.5. The Balaban J connectivity index is 2.08. The summed E-state index contributed by atoms with van der Waals surface area (Å²) in [5.74, 6) is -0.707. The van der Waals surface area contributed by atoms with Gasteiger partial charge in [0.15, 0.2) is 0 Å². The quantitative estimate of drug-likeness (QED) is 0.597. The van der Waals surface area contributed by atoms with Crippen molar-refractivity contribution >= 4 is 5.97 Å². The van der Waals surface area contributed by atoms with E-state index >= 15 is 0 Å². The Kier molecular flexibility index (Phi) is 0.967. The summed E-state index contributed by atoms with van der Waals surface area (Å²) in [5, 5.41) is 8.61. The zero-order valence-electron chi connectivity index (χ0n) is 5.76. The van der Waals surface area contributed by atoms with E-state index in [9.17, 15) is 4.79 Å². The molecule has 2 nitrogen and oxygen atoms in total. The van der Waals surface area contributed by atoms with Gasteiger partial charge in [0.2, 0.25) is 0 Å². The van der Waals surface area contributed by atoms with Crippen LogP contribution in [0.3, 0.4) is 0 Å². The van der Waals surface area contributed by atoms with Gasteiger partial charge in [-0.25, -0.2) is 4.79 Å². The van der Waals surface area contributed by atoms with Gasteiger partial charge in [-0.1, -0.05) is 18.9 Å². The smallest absolute Gasteiger partial charge is 0.332 e. The number of rotatable bonds is 1. The molecule has 1 spiro atoms. The van der Waals surface area contributed by atoms with Gasteiger partial charge in [0.1, 0.15) is 0 Å². The maximum atomic E-state index is 10.5. The van der Waals surface area contributed by atoms with E-state index in [1.54, 1.807) is 0 Å². The van der Waals surface area contributed by atoms with Crippen molar-refractivity contribution in [2.75, 3.05) is 0 Å². The van der Waals surface area contributed by atoms with E-state index < -0.39 is 5.97 Å². The summed E-state index contributed by atoms with van der Waals surface area (Å²) < 4.78 is 0. The van der Waals surface area contributed by atoms with Crippen molar-refractivity contribution < 1.29 is 9.90 Å². The number of carboxylic acids is 1. The van der Waals surface area contributed by atoms with Crippen molar-refractivity contribution in [3.63, 3.8) is 0 Å². The standard InChI is InChI=1S/C8H10O2/c9-7(10)6-5-8(6)3-1-2-4-8/h5H,1-4H2,(H,9,10). The Labute approximate surface area is 59.5 Å². The summed E-state index contributed by atoms with van der Waals surface area (Å²) in [4.78, 5) is 10.5. The molecule has 0 unspecified atom stereocenters. The van der Waals surface area contributed by atoms with Gasteiger partial charge in [-0.05, 0) is 12.8 Å². The monoisotopic (exact) mass is 138 g/mol. The fourth-order valence-electron chi connectivity index (χ4n) is 1.93. The molecule has 0 aromatic rings. The summed E-state index contributed by atoms with van der Waals surface area (Å²) in [7, 11) is 0. The van der Waals surface area contributed by atoms with Gasteiger partial charge in [-0.15, -0.1) is 0 Å². The first-order chi connectivity index (χ1) is 4.75. The Hall–Kier alpha value is -0.790. The Morgan fingerprint density at radius 1 is 1.50 bits per heavy atom. The topological polar surface area (TPSA) is 37.3 Å². The number of hydrogen-bond donors (Lipinski definition) is 1. The van der Waals surface area contributed by atoms with Gasteiger partial charge in [0.25, 0.3) is 0 Å². The van der Waals surface area contributed by atoms with Crippen LogP contribution in [0.2, 0.25) is 0 Å². The third-order valence-electron chi connectivity index (χ3n) is 2.60. The van der Waals surface area contributed by atoms with E-state index in [2.05, 4.69) is 0 Å². The second-order valence-corrected chi connectivity index (χ2v) is 3.23. The molecule has 0 saturated heterocycles. The number of aliphatic carboxylic acids is 1. The lowest BCUT2D eigenvalue weighted by Crippen LogP contribution is -2.04. The first kappa shape index (κ1) is 5.96. The van der Waals surface area contributed by atoms with Crippen LogP contribution in [0.15, 0.2) is 11.6 Å². The predicted molar refractivity (Wildman–Crippen MR) is 36.6 cm³/mol. The number of allylic oxidation sites excluding steroid dienone is 1. The van der Waals surface area contributed by atoms with Crippen LogP contribution in [0.25, 0.3) is 0 Å². The van der Waals surface area contributed by atoms with Gasteiger partial charge in [-0.3, -0.25) is 0 Å². The van der Waals surface area contributed by atoms with Gasteiger partial charge >= 0.3 is 5.97 Å². The van der Waals surface area contributed by atoms with Crippen LogP contribution in [-0.2, 0) is 4.79 Å². The van der Waals surface area contributed by atoms with Crippen molar-refractivity contribution in [2.24, 2.45) is 5.41 Å². The van der Waals surface area contributed by atoms with E-state index in [4.69, 9.17) is 5.11 Å². The molecule has 1 fully saturated rings. The summed E-state index contributed by atoms with van der Waals surface area (Å²) in [6, 6.07) is 0. The van der Waals surface area contributed by atoms with Crippen LogP contribution in [0.5, 0.6) is 0 Å². The van der Waals surface area contributed by atoms with Crippen molar-refractivity contribution in [1.82, 2.24) is 0 Å². The molecule has 2 aliphatic rings. The molecular formula is C8H10O2. The molecule has 0 radical (unpaired) electrons. The van der Waals surface area contributed by atoms with Crippen molar-refractivity contribution in [3.05, 3.63) is 11.6 Å². The SMILES string of the molecule is O=C(O)C1=CC12CCCC2. The van der Waals surface area contributed by atoms with Gasteiger partial charge < -0.3 is 5.11 Å². The van der Waals surface area contributed by atoms with Crippen molar-refractivity contribution in [2.45, 2.75) is 25.7 Å². The first-order valence-electron chi connectivity index (χ1n) is 3.71. The number of hydrogen-bond acceptors (Lipinski definition) is 1. The summed E-state index contributed by atoms with van der Waals surface area (Å²) in [6.07, 6.45) is 6.48. The predicted octanol–water partition coefficient (Wildman–Crippen LogP) is 1.57. The lowest BCUT2D eigenvalue weighted by atomic mass is 9.99. The summed E-state index contributed by atoms with van der Waals surface area (Å²) >= 11 is 0. The lowest BCUT2D eigenvalue weighted by molar-refractivity contribution is -0.132. The largest absolute Gasteiger partial charge is 0.478 e. The highest BCUT2D eigenvalue weighted by Gasteiger charge is 2.49. The highest BCUT2D eigenvalue weighted by Crippen LogP contribution is 2.56. The van der Waals surface area contributed by atoms with Crippen LogP contribution < -0.4 is 0 Å². The van der Waals surface area contributed by atoms with Crippen LogP contribution in [-0.4, -0.2) is 11.1 Å². The van der Waals surface area contributed by atoms with Crippen molar-refractivity contribution in [3.8, 4) is 0 Å². The van der Waals surface area contributed by atoms with E-state index in [0.717, 1.165) is 12.8 Å². The van der Waals surface area contributed by atoms with E-state index in [1.165, 1.54) is 12.8 Å². The molecular weight excluding hydrogens is 128 g/mol. The van der Waals surface area contributed by atoms with E-state index in [-0.39, 0.29) is 5.41 Å². The molecule has 0 atom stereocenters. The van der Waals surface area contributed by atoms with Crippen LogP contribution >= 0.6 is 0 Å². The molecule has 0 aliphatic heterocycles. The average molecular weight is 138 g/mol. The Morgan fingerprint density at radius 3 is 2.50 bits per heavy atom. The van der Waals surface area contributed by atoms with Gasteiger partial charge in [0.05, 0.1) is 0 Å². The molecule has 1 saturated carbocycles. The third kappa shape index (κ3) is 0.618. The van der Waals surface area contributed by atoms with Gasteiger partial charge in [0, 0.05) is 11.0 Å². The molecule has 0 aromatic heterocycles. The first-order valence-corrected chi connectivity index (χ1v) is 3.71. The van der Waals surface area contributed by atoms with Crippen LogP contribution in [0, 0.1) is 5.41 Å². The van der Waals surface area contributed by atoms with Gasteiger partial charge in [-0.2, -0.15) is 0 Å². The minimum absolute atomic E-state index is 0.0752. The second kappa shape index (κ2) is 1.62. The minimum atomic E-state index is -0.707. The van der Waals surface area contributed by atoms with Crippen molar-refractivity contribution in [1.29, 1.82) is 0 Å². The van der Waals surface area contributed by atoms with E-state index in [0.29, 0.717) is 5.57 Å². The highest BCUT2D eigenvalue weighted by atomic mass is 16.4. The normalized spacial score (nSPS) is 26.6. The third-order valence-corrected chi connectivity index (χ3v) is 2.60.